The van der Waals surface area contributed by atoms with Crippen LogP contribution in [-0.2, 0) is 11.3 Å². The number of methoxy groups -OCH3 is 1. The fourth-order valence-electron chi connectivity index (χ4n) is 3.28. The predicted octanol–water partition coefficient (Wildman–Crippen LogP) is 1.31. The van der Waals surface area contributed by atoms with Gasteiger partial charge in [0.2, 0.25) is 5.95 Å². The molecule has 0 unspecified atom stereocenters. The monoisotopic (exact) mass is 371 g/mol. The Hall–Kier alpha value is -2.45. The van der Waals surface area contributed by atoms with E-state index in [1.807, 2.05) is 37.3 Å². The van der Waals surface area contributed by atoms with Crippen molar-refractivity contribution in [2.45, 2.75) is 18.7 Å². The summed E-state index contributed by atoms with van der Waals surface area (Å²) in [5.41, 5.74) is 1.14. The minimum absolute atomic E-state index is 0.174. The molecule has 1 aliphatic rings. The molecule has 1 aliphatic heterocycles. The highest BCUT2D eigenvalue weighted by molar-refractivity contribution is 5.45. The van der Waals surface area contributed by atoms with E-state index in [-0.39, 0.29) is 6.10 Å². The van der Waals surface area contributed by atoms with Gasteiger partial charge in [-0.15, -0.1) is 0 Å². The molecule has 0 amide bonds. The Kier molecular flexibility index (Phi) is 6.08. The minimum Gasteiger partial charge on any atom is -0.378 e. The zero-order valence-corrected chi connectivity index (χ0v) is 16.8. The van der Waals surface area contributed by atoms with Crippen LogP contribution in [0.3, 0.4) is 0 Å². The van der Waals surface area contributed by atoms with Crippen molar-refractivity contribution < 1.29 is 4.74 Å². The van der Waals surface area contributed by atoms with E-state index in [2.05, 4.69) is 45.2 Å². The minimum atomic E-state index is 0.174. The van der Waals surface area contributed by atoms with Crippen molar-refractivity contribution in [3.63, 3.8) is 0 Å². The number of hydrogen-bond donors (Lipinski definition) is 1. The average molecular weight is 371 g/mol. The fourth-order valence-corrected chi connectivity index (χ4v) is 3.28. The van der Waals surface area contributed by atoms with Crippen LogP contribution in [0.2, 0.25) is 0 Å². The highest BCUT2D eigenvalue weighted by Crippen LogP contribution is 2.23. The number of aromatic nitrogens is 3. The normalized spacial score (nSPS) is 19.6. The maximum atomic E-state index is 5.65. The molecule has 3 rings (SSSR count). The van der Waals surface area contributed by atoms with E-state index >= 15 is 0 Å². The number of ether oxygens (including phenoxy) is 1. The van der Waals surface area contributed by atoms with E-state index in [1.165, 1.54) is 0 Å². The first kappa shape index (κ1) is 19.3. The predicted molar refractivity (Wildman–Crippen MR) is 108 cm³/mol. The summed E-state index contributed by atoms with van der Waals surface area (Å²) < 4.78 is 5.65. The summed E-state index contributed by atoms with van der Waals surface area (Å²) in [4.78, 5) is 19.8. The molecule has 0 radical (unpaired) electrons. The van der Waals surface area contributed by atoms with Gasteiger partial charge in [0.1, 0.15) is 11.6 Å². The van der Waals surface area contributed by atoms with Gasteiger partial charge >= 0.3 is 0 Å². The van der Waals surface area contributed by atoms with Crippen LogP contribution in [0.15, 0.2) is 30.6 Å². The Labute approximate surface area is 161 Å². The summed E-state index contributed by atoms with van der Waals surface area (Å²) in [6, 6.07) is 6.35. The van der Waals surface area contributed by atoms with Crippen molar-refractivity contribution >= 4 is 17.6 Å². The van der Waals surface area contributed by atoms with E-state index in [1.54, 1.807) is 13.3 Å². The molecular weight excluding hydrogens is 342 g/mol. The number of rotatable bonds is 7. The summed E-state index contributed by atoms with van der Waals surface area (Å²) >= 11 is 0. The number of nitrogens with zero attached hydrogens (tertiary/aromatic N) is 6. The van der Waals surface area contributed by atoms with Gasteiger partial charge in [-0.05, 0) is 37.9 Å². The number of likely N-dealkylation sites (N-methyl/N-ethyl adjacent to an activating group) is 1. The molecule has 1 fully saturated rings. The Morgan fingerprint density at radius 2 is 1.93 bits per heavy atom. The lowest BCUT2D eigenvalue weighted by atomic mass is 10.2. The van der Waals surface area contributed by atoms with Gasteiger partial charge in [0.15, 0.2) is 0 Å². The summed E-state index contributed by atoms with van der Waals surface area (Å²) in [5, 5.41) is 3.31. The second-order valence-corrected chi connectivity index (χ2v) is 7.22. The summed E-state index contributed by atoms with van der Waals surface area (Å²) in [7, 11) is 9.91. The van der Waals surface area contributed by atoms with Gasteiger partial charge in [-0.25, -0.2) is 9.97 Å². The number of nitrogens with one attached hydrogen (secondary N) is 1. The van der Waals surface area contributed by atoms with Crippen molar-refractivity contribution in [2.75, 3.05) is 63.5 Å². The van der Waals surface area contributed by atoms with Gasteiger partial charge < -0.3 is 24.8 Å². The van der Waals surface area contributed by atoms with E-state index in [0.717, 1.165) is 30.3 Å². The van der Waals surface area contributed by atoms with Gasteiger partial charge in [0.25, 0.3) is 0 Å². The molecule has 146 valence electrons. The van der Waals surface area contributed by atoms with E-state index < -0.39 is 0 Å². The van der Waals surface area contributed by atoms with Gasteiger partial charge in [0, 0.05) is 53.2 Å². The first-order valence-electron chi connectivity index (χ1n) is 9.11. The molecule has 3 heterocycles. The highest BCUT2D eigenvalue weighted by Gasteiger charge is 2.34. The van der Waals surface area contributed by atoms with Crippen LogP contribution in [0.25, 0.3) is 0 Å². The quantitative estimate of drug-likeness (QED) is 0.781. The van der Waals surface area contributed by atoms with Crippen LogP contribution < -0.4 is 15.1 Å². The van der Waals surface area contributed by atoms with Crippen molar-refractivity contribution in [1.29, 1.82) is 0 Å². The first-order valence-corrected chi connectivity index (χ1v) is 9.11. The molecule has 2 aromatic rings. The molecular formula is C19H29N7O. The second kappa shape index (κ2) is 8.49. The summed E-state index contributed by atoms with van der Waals surface area (Å²) in [6.07, 6.45) is 3.79. The Morgan fingerprint density at radius 1 is 1.15 bits per heavy atom. The van der Waals surface area contributed by atoms with Gasteiger partial charge in [0.05, 0.1) is 12.1 Å². The van der Waals surface area contributed by atoms with Crippen molar-refractivity contribution in [2.24, 2.45) is 0 Å². The number of pyridine rings is 1. The lowest BCUT2D eigenvalue weighted by Gasteiger charge is -2.23. The lowest BCUT2D eigenvalue weighted by molar-refractivity contribution is 0.0639. The third-order valence-corrected chi connectivity index (χ3v) is 4.89. The maximum Gasteiger partial charge on any atom is 0.224 e. The van der Waals surface area contributed by atoms with Crippen LogP contribution in [-0.4, -0.2) is 80.4 Å². The van der Waals surface area contributed by atoms with Crippen LogP contribution in [0.5, 0.6) is 0 Å². The third-order valence-electron chi connectivity index (χ3n) is 4.89. The van der Waals surface area contributed by atoms with Crippen LogP contribution in [0, 0.1) is 0 Å². The van der Waals surface area contributed by atoms with Crippen molar-refractivity contribution in [3.05, 3.63) is 36.2 Å². The zero-order chi connectivity index (χ0) is 19.4. The summed E-state index contributed by atoms with van der Waals surface area (Å²) in [6.45, 7) is 2.36. The molecule has 0 aliphatic carbocycles. The Morgan fingerprint density at radius 3 is 2.59 bits per heavy atom. The highest BCUT2D eigenvalue weighted by atomic mass is 16.5. The van der Waals surface area contributed by atoms with Gasteiger partial charge in [-0.2, -0.15) is 4.98 Å². The van der Waals surface area contributed by atoms with Crippen LogP contribution >= 0.6 is 0 Å². The number of hydrogen-bond acceptors (Lipinski definition) is 8. The molecule has 0 bridgehead atoms. The first-order chi connectivity index (χ1) is 13.0. The van der Waals surface area contributed by atoms with Crippen molar-refractivity contribution in [1.82, 2.24) is 19.9 Å². The largest absolute Gasteiger partial charge is 0.378 e. The fraction of sp³-hybridized carbons (Fsp3) is 0.526. The van der Waals surface area contributed by atoms with E-state index in [0.29, 0.717) is 18.5 Å². The number of anilines is 3. The molecule has 1 N–H and O–H groups in total. The van der Waals surface area contributed by atoms with Crippen molar-refractivity contribution in [3.8, 4) is 0 Å². The molecule has 1 saturated heterocycles. The van der Waals surface area contributed by atoms with Gasteiger partial charge in [-0.3, -0.25) is 0 Å². The molecule has 2 atom stereocenters. The maximum absolute atomic E-state index is 5.65. The molecule has 8 nitrogen and oxygen atoms in total. The topological polar surface area (TPSA) is 69.6 Å². The average Bonchev–Trinajstić information content (AvgIpc) is 3.12. The second-order valence-electron chi connectivity index (χ2n) is 7.22. The molecule has 0 spiro atoms. The molecule has 8 heteroatoms. The molecule has 27 heavy (non-hydrogen) atoms. The van der Waals surface area contributed by atoms with E-state index in [4.69, 9.17) is 9.72 Å². The molecule has 0 aromatic carbocycles. The Balaban J connectivity index is 1.67. The molecule has 2 aromatic heterocycles. The lowest BCUT2D eigenvalue weighted by Crippen LogP contribution is -2.39. The third kappa shape index (κ3) is 4.64. The van der Waals surface area contributed by atoms with E-state index in [9.17, 15) is 0 Å². The van der Waals surface area contributed by atoms with Crippen LogP contribution in [0.1, 0.15) is 5.56 Å². The Bertz CT molecular complexity index is 752. The van der Waals surface area contributed by atoms with Gasteiger partial charge in [-0.1, -0.05) is 0 Å². The standard InChI is InChI=1S/C19H29N7O/c1-24(2)15-12-26(13-16(15)27-5)17-7-9-21-19(23-17)22-11-14-6-8-20-18(10-14)25(3)4/h6-10,15-16H,11-13H2,1-5H3,(H,21,22,23)/t15-,16+/m0/s1. The SMILES string of the molecule is CO[C@@H]1CN(c2ccnc(NCc3ccnc(N(C)C)c3)n2)C[C@@H]1N(C)C. The summed E-state index contributed by atoms with van der Waals surface area (Å²) in [5.74, 6) is 2.47. The van der Waals surface area contributed by atoms with Crippen LogP contribution in [0.4, 0.5) is 17.6 Å². The smallest absolute Gasteiger partial charge is 0.224 e. The zero-order valence-electron chi connectivity index (χ0n) is 16.8. The molecule has 0 saturated carbocycles.